The molecule has 1 aliphatic rings. The predicted octanol–water partition coefficient (Wildman–Crippen LogP) is -1.64. The van der Waals surface area contributed by atoms with Gasteiger partial charge in [-0.25, -0.2) is 0 Å². The van der Waals surface area contributed by atoms with E-state index in [2.05, 4.69) is 0 Å². The van der Waals surface area contributed by atoms with Gasteiger partial charge in [-0.15, -0.1) is 0 Å². The van der Waals surface area contributed by atoms with Gasteiger partial charge < -0.3 is 35.0 Å². The van der Waals surface area contributed by atoms with Crippen molar-refractivity contribution in [1.29, 1.82) is 0 Å². The highest BCUT2D eigenvalue weighted by atomic mass is 16.7. The molecule has 0 spiro atoms. The number of ether oxygens (including phenoxy) is 2. The molecule has 0 unspecified atom stereocenters. The Balaban J connectivity index is 2.00. The quantitative estimate of drug-likeness (QED) is 0.442. The fraction of sp³-hybridized carbons (Fsp3) is 0.571. The molecule has 2 rings (SSSR count). The van der Waals surface area contributed by atoms with Gasteiger partial charge in [-0.1, -0.05) is 30.3 Å². The van der Waals surface area contributed by atoms with Crippen LogP contribution in [-0.4, -0.2) is 68.9 Å². The average Bonchev–Trinajstić information content (AvgIpc) is 2.52. The second-order valence-corrected chi connectivity index (χ2v) is 4.99. The largest absolute Gasteiger partial charge is 0.394 e. The number of aliphatic hydroxyl groups is 5. The maximum absolute atomic E-state index is 9.85. The van der Waals surface area contributed by atoms with Crippen molar-refractivity contribution in [1.82, 2.24) is 0 Å². The molecule has 1 fully saturated rings. The van der Waals surface area contributed by atoms with Crippen LogP contribution in [0.1, 0.15) is 5.56 Å². The molecule has 7 heteroatoms. The van der Waals surface area contributed by atoms with Gasteiger partial charge in [0, 0.05) is 0 Å². The van der Waals surface area contributed by atoms with Crippen LogP contribution in [0.4, 0.5) is 0 Å². The van der Waals surface area contributed by atoms with Crippen LogP contribution in [0.5, 0.6) is 0 Å². The lowest BCUT2D eigenvalue weighted by atomic mass is 9.95. The monoisotopic (exact) mass is 300 g/mol. The summed E-state index contributed by atoms with van der Waals surface area (Å²) in [6, 6.07) is 9.14. The van der Waals surface area contributed by atoms with Crippen molar-refractivity contribution < 1.29 is 35.0 Å². The summed E-state index contributed by atoms with van der Waals surface area (Å²) in [5.41, 5.74) is 0.841. The van der Waals surface area contributed by atoms with Crippen LogP contribution in [0, 0.1) is 0 Å². The van der Waals surface area contributed by atoms with Gasteiger partial charge in [0.05, 0.1) is 13.2 Å². The summed E-state index contributed by atoms with van der Waals surface area (Å²) in [6.07, 6.45) is -8.34. The molecule has 0 saturated carbocycles. The molecule has 1 aromatic carbocycles. The van der Waals surface area contributed by atoms with E-state index in [0.29, 0.717) is 0 Å². The summed E-state index contributed by atoms with van der Waals surface area (Å²) in [4.78, 5) is 0. The van der Waals surface area contributed by atoms with E-state index < -0.39 is 43.4 Å². The normalized spacial score (nSPS) is 34.6. The summed E-state index contributed by atoms with van der Waals surface area (Å²) in [6.45, 7) is -0.511. The number of hydrogen-bond acceptors (Lipinski definition) is 7. The third-order valence-electron chi connectivity index (χ3n) is 3.43. The van der Waals surface area contributed by atoms with Crippen LogP contribution in [0.2, 0.25) is 0 Å². The molecule has 0 amide bonds. The highest BCUT2D eigenvalue weighted by Gasteiger charge is 2.46. The van der Waals surface area contributed by atoms with Crippen LogP contribution >= 0.6 is 0 Å². The van der Waals surface area contributed by atoms with E-state index in [-0.39, 0.29) is 6.61 Å². The first-order valence-corrected chi connectivity index (χ1v) is 6.68. The standard InChI is InChI=1S/C14H20O7/c15-6-9(16)13-11(18)10(17)12(19)14(21-13)20-7-8-4-2-1-3-5-8/h1-5,9-19H,6-7H2/t9-,10-,11-,12-,13-,14-/m1/s1. The summed E-state index contributed by atoms with van der Waals surface area (Å²) in [5.74, 6) is 0. The van der Waals surface area contributed by atoms with Crippen LogP contribution in [0.15, 0.2) is 30.3 Å². The topological polar surface area (TPSA) is 120 Å². The molecule has 0 aliphatic carbocycles. The van der Waals surface area contributed by atoms with Gasteiger partial charge in [0.25, 0.3) is 0 Å². The third kappa shape index (κ3) is 3.78. The molecule has 21 heavy (non-hydrogen) atoms. The van der Waals surface area contributed by atoms with E-state index in [1.807, 2.05) is 30.3 Å². The summed E-state index contributed by atoms with van der Waals surface area (Å²) in [5, 5.41) is 47.9. The molecular formula is C14H20O7. The third-order valence-corrected chi connectivity index (χ3v) is 3.43. The van der Waals surface area contributed by atoms with Crippen molar-refractivity contribution in [2.24, 2.45) is 0 Å². The van der Waals surface area contributed by atoms with E-state index >= 15 is 0 Å². The molecule has 118 valence electrons. The zero-order valence-corrected chi connectivity index (χ0v) is 11.3. The van der Waals surface area contributed by atoms with E-state index in [4.69, 9.17) is 14.6 Å². The second-order valence-electron chi connectivity index (χ2n) is 4.99. The first-order valence-electron chi connectivity index (χ1n) is 6.68. The SMILES string of the molecule is OC[C@@H](O)[C@H]1O[C@@H](OCc2ccccc2)[C@H](O)[C@H](O)[C@H]1O. The van der Waals surface area contributed by atoms with Gasteiger partial charge in [-0.3, -0.25) is 0 Å². The van der Waals surface area contributed by atoms with Crippen molar-refractivity contribution in [3.05, 3.63) is 35.9 Å². The molecule has 1 heterocycles. The Kier molecular flexibility index (Phi) is 5.65. The minimum absolute atomic E-state index is 0.132. The lowest BCUT2D eigenvalue weighted by Crippen LogP contribution is -2.61. The van der Waals surface area contributed by atoms with Gasteiger partial charge in [-0.05, 0) is 5.56 Å². The van der Waals surface area contributed by atoms with Crippen LogP contribution < -0.4 is 0 Å². The molecule has 0 aromatic heterocycles. The van der Waals surface area contributed by atoms with E-state index in [1.165, 1.54) is 0 Å². The fourth-order valence-corrected chi connectivity index (χ4v) is 2.19. The van der Waals surface area contributed by atoms with Crippen molar-refractivity contribution in [2.75, 3.05) is 6.61 Å². The van der Waals surface area contributed by atoms with Crippen LogP contribution in [-0.2, 0) is 16.1 Å². The molecule has 0 radical (unpaired) electrons. The smallest absolute Gasteiger partial charge is 0.187 e. The molecule has 5 N–H and O–H groups in total. The highest BCUT2D eigenvalue weighted by molar-refractivity contribution is 5.13. The second kappa shape index (κ2) is 7.28. The first-order chi connectivity index (χ1) is 10.0. The van der Waals surface area contributed by atoms with E-state index in [1.54, 1.807) is 0 Å². The van der Waals surface area contributed by atoms with E-state index in [9.17, 15) is 20.4 Å². The lowest BCUT2D eigenvalue weighted by Gasteiger charge is -2.41. The van der Waals surface area contributed by atoms with Crippen molar-refractivity contribution in [2.45, 2.75) is 43.4 Å². The summed E-state index contributed by atoms with van der Waals surface area (Å²) < 4.78 is 10.7. The molecule has 1 aliphatic heterocycles. The number of rotatable bonds is 5. The molecule has 7 nitrogen and oxygen atoms in total. The Hall–Kier alpha value is -1.06. The number of hydrogen-bond donors (Lipinski definition) is 5. The van der Waals surface area contributed by atoms with Crippen LogP contribution in [0.25, 0.3) is 0 Å². The van der Waals surface area contributed by atoms with Gasteiger partial charge >= 0.3 is 0 Å². The first kappa shape index (κ1) is 16.3. The van der Waals surface area contributed by atoms with Crippen molar-refractivity contribution in [3.8, 4) is 0 Å². The average molecular weight is 300 g/mol. The maximum atomic E-state index is 9.85. The Morgan fingerprint density at radius 3 is 2.33 bits per heavy atom. The molecule has 1 saturated heterocycles. The summed E-state index contributed by atoms with van der Waals surface area (Å²) >= 11 is 0. The van der Waals surface area contributed by atoms with Gasteiger partial charge in [0.15, 0.2) is 6.29 Å². The van der Waals surface area contributed by atoms with Gasteiger partial charge in [0.2, 0.25) is 0 Å². The number of benzene rings is 1. The maximum Gasteiger partial charge on any atom is 0.187 e. The lowest BCUT2D eigenvalue weighted by molar-refractivity contribution is -0.314. The van der Waals surface area contributed by atoms with Crippen LogP contribution in [0.3, 0.4) is 0 Å². The Morgan fingerprint density at radius 2 is 1.71 bits per heavy atom. The van der Waals surface area contributed by atoms with Gasteiger partial charge in [0.1, 0.15) is 30.5 Å². The van der Waals surface area contributed by atoms with E-state index in [0.717, 1.165) is 5.56 Å². The van der Waals surface area contributed by atoms with Crippen molar-refractivity contribution in [3.63, 3.8) is 0 Å². The Bertz CT molecular complexity index is 427. The fourth-order valence-electron chi connectivity index (χ4n) is 2.19. The zero-order chi connectivity index (χ0) is 15.4. The summed E-state index contributed by atoms with van der Waals surface area (Å²) in [7, 11) is 0. The predicted molar refractivity (Wildman–Crippen MR) is 71.0 cm³/mol. The van der Waals surface area contributed by atoms with Gasteiger partial charge in [-0.2, -0.15) is 0 Å². The van der Waals surface area contributed by atoms with Crippen molar-refractivity contribution >= 4 is 0 Å². The highest BCUT2D eigenvalue weighted by Crippen LogP contribution is 2.24. The molecular weight excluding hydrogens is 280 g/mol. The minimum atomic E-state index is -1.54. The molecule has 0 bridgehead atoms. The Labute approximate surface area is 122 Å². The molecule has 6 atom stereocenters. The molecule has 1 aromatic rings. The number of aliphatic hydroxyl groups excluding tert-OH is 5. The zero-order valence-electron chi connectivity index (χ0n) is 11.3. The minimum Gasteiger partial charge on any atom is -0.394 e. The Morgan fingerprint density at radius 1 is 1.05 bits per heavy atom.